The van der Waals surface area contributed by atoms with Gasteiger partial charge in [0, 0.05) is 19.0 Å². The quantitative estimate of drug-likeness (QED) is 0.831. The van der Waals surface area contributed by atoms with Gasteiger partial charge < -0.3 is 10.0 Å². The summed E-state index contributed by atoms with van der Waals surface area (Å²) in [6, 6.07) is 1.72. The van der Waals surface area contributed by atoms with Crippen molar-refractivity contribution in [3.63, 3.8) is 0 Å². The van der Waals surface area contributed by atoms with E-state index in [0.29, 0.717) is 18.2 Å². The summed E-state index contributed by atoms with van der Waals surface area (Å²) in [5.74, 6) is -0.511. The highest BCUT2D eigenvalue weighted by molar-refractivity contribution is 5.85. The molecule has 1 fully saturated rings. The van der Waals surface area contributed by atoms with Crippen molar-refractivity contribution in [2.24, 2.45) is 0 Å². The maximum Gasteiger partial charge on any atom is 0.354 e. The molecule has 88 valence electrons. The Morgan fingerprint density at radius 1 is 1.69 bits per heavy atom. The Balaban J connectivity index is 2.25. The number of aryl methyl sites for hydroxylation is 1. The number of rotatable bonds is 3. The number of hydrogen-bond donors (Lipinski definition) is 1. The Hall–Kier alpha value is -1.36. The van der Waals surface area contributed by atoms with Gasteiger partial charge in [0.25, 0.3) is 0 Å². The normalized spacial score (nSPS) is 21.5. The molecule has 0 radical (unpaired) electrons. The fourth-order valence-electron chi connectivity index (χ4n) is 2.23. The molecule has 1 aliphatic rings. The van der Waals surface area contributed by atoms with E-state index in [9.17, 15) is 4.79 Å². The smallest absolute Gasteiger partial charge is 0.354 e. The predicted octanol–water partition coefficient (Wildman–Crippen LogP) is 1.02. The van der Waals surface area contributed by atoms with Crippen molar-refractivity contribution in [3.8, 4) is 0 Å². The van der Waals surface area contributed by atoms with E-state index in [-0.39, 0.29) is 0 Å². The van der Waals surface area contributed by atoms with Crippen molar-refractivity contribution in [3.05, 3.63) is 17.5 Å². The summed E-state index contributed by atoms with van der Waals surface area (Å²) in [5.41, 5.74) is 1.22. The van der Waals surface area contributed by atoms with E-state index in [2.05, 4.69) is 17.0 Å². The number of carboxylic acid groups (broad SMARTS) is 1. The minimum atomic E-state index is -0.896. The molecule has 0 spiro atoms. The Labute approximate surface area is 94.7 Å². The van der Waals surface area contributed by atoms with Crippen LogP contribution in [-0.2, 0) is 6.54 Å². The summed E-state index contributed by atoms with van der Waals surface area (Å²) < 4.78 is 1.57. The molecule has 0 aromatic carbocycles. The molecule has 5 nitrogen and oxygen atoms in total. The lowest BCUT2D eigenvalue weighted by atomic mass is 10.1. The van der Waals surface area contributed by atoms with Crippen LogP contribution < -0.4 is 0 Å². The fraction of sp³-hybridized carbons (Fsp3) is 0.636. The minimum Gasteiger partial charge on any atom is -0.477 e. The molecule has 1 saturated heterocycles. The lowest BCUT2D eigenvalue weighted by Gasteiger charge is -2.06. The van der Waals surface area contributed by atoms with Crippen LogP contribution >= 0.6 is 0 Å². The van der Waals surface area contributed by atoms with Crippen LogP contribution in [0.3, 0.4) is 0 Å². The van der Waals surface area contributed by atoms with Crippen molar-refractivity contribution >= 4 is 5.97 Å². The second-order valence-corrected chi connectivity index (χ2v) is 4.32. The SMILES string of the molecule is CCn1nc(C2CCN(C)C2)cc1C(=O)O. The average Bonchev–Trinajstić information content (AvgIpc) is 2.82. The van der Waals surface area contributed by atoms with E-state index in [1.54, 1.807) is 10.7 Å². The van der Waals surface area contributed by atoms with Crippen LogP contribution in [0.1, 0.15) is 35.4 Å². The molecule has 0 aliphatic carbocycles. The molecular formula is C11H17N3O2. The standard InChI is InChI=1S/C11H17N3O2/c1-3-14-10(11(15)16)6-9(12-14)8-4-5-13(2)7-8/h6,8H,3-5,7H2,1-2H3,(H,15,16). The molecule has 1 atom stereocenters. The van der Waals surface area contributed by atoms with Gasteiger partial charge in [0.2, 0.25) is 0 Å². The van der Waals surface area contributed by atoms with Gasteiger partial charge in [-0.3, -0.25) is 4.68 Å². The molecule has 2 rings (SSSR count). The summed E-state index contributed by atoms with van der Waals surface area (Å²) >= 11 is 0. The Morgan fingerprint density at radius 3 is 2.88 bits per heavy atom. The maximum atomic E-state index is 11.0. The maximum absolute atomic E-state index is 11.0. The second kappa shape index (κ2) is 4.25. The first kappa shape index (κ1) is 11.1. The van der Waals surface area contributed by atoms with E-state index in [4.69, 9.17) is 5.11 Å². The molecule has 1 aromatic rings. The predicted molar refractivity (Wildman–Crippen MR) is 59.7 cm³/mol. The number of aromatic nitrogens is 2. The third-order valence-corrected chi connectivity index (χ3v) is 3.13. The molecule has 5 heteroatoms. The number of hydrogen-bond acceptors (Lipinski definition) is 3. The van der Waals surface area contributed by atoms with Crippen LogP contribution in [-0.4, -0.2) is 45.9 Å². The largest absolute Gasteiger partial charge is 0.477 e. The molecule has 2 heterocycles. The van der Waals surface area contributed by atoms with Crippen molar-refractivity contribution in [1.29, 1.82) is 0 Å². The second-order valence-electron chi connectivity index (χ2n) is 4.32. The first-order chi connectivity index (χ1) is 7.61. The number of aromatic carboxylic acids is 1. The van der Waals surface area contributed by atoms with Gasteiger partial charge in [0.15, 0.2) is 0 Å². The van der Waals surface area contributed by atoms with Gasteiger partial charge in [0.05, 0.1) is 5.69 Å². The summed E-state index contributed by atoms with van der Waals surface area (Å²) in [6.45, 7) is 4.54. The molecular weight excluding hydrogens is 206 g/mol. The van der Waals surface area contributed by atoms with Gasteiger partial charge in [-0.05, 0) is 33.0 Å². The van der Waals surface area contributed by atoms with Gasteiger partial charge in [-0.25, -0.2) is 4.79 Å². The van der Waals surface area contributed by atoms with E-state index >= 15 is 0 Å². The van der Waals surface area contributed by atoms with Crippen molar-refractivity contribution in [2.75, 3.05) is 20.1 Å². The van der Waals surface area contributed by atoms with Crippen molar-refractivity contribution < 1.29 is 9.90 Å². The highest BCUT2D eigenvalue weighted by Crippen LogP contribution is 2.25. The van der Waals surface area contributed by atoms with Crippen LogP contribution in [0.5, 0.6) is 0 Å². The zero-order valence-corrected chi connectivity index (χ0v) is 9.68. The van der Waals surface area contributed by atoms with Gasteiger partial charge in [-0.2, -0.15) is 5.10 Å². The Morgan fingerprint density at radius 2 is 2.44 bits per heavy atom. The van der Waals surface area contributed by atoms with E-state index in [1.165, 1.54) is 0 Å². The molecule has 1 unspecified atom stereocenters. The third kappa shape index (κ3) is 1.95. The van der Waals surface area contributed by atoms with E-state index in [0.717, 1.165) is 25.2 Å². The molecule has 0 bridgehead atoms. The van der Waals surface area contributed by atoms with Gasteiger partial charge >= 0.3 is 5.97 Å². The van der Waals surface area contributed by atoms with Crippen LogP contribution in [0.4, 0.5) is 0 Å². The van der Waals surface area contributed by atoms with E-state index < -0.39 is 5.97 Å². The molecule has 16 heavy (non-hydrogen) atoms. The molecule has 1 aromatic heterocycles. The van der Waals surface area contributed by atoms with Gasteiger partial charge in [0.1, 0.15) is 5.69 Å². The first-order valence-electron chi connectivity index (χ1n) is 5.61. The number of carbonyl (C=O) groups is 1. The van der Waals surface area contributed by atoms with Crippen LogP contribution in [0.25, 0.3) is 0 Å². The number of carboxylic acids is 1. The van der Waals surface area contributed by atoms with Crippen LogP contribution in [0.2, 0.25) is 0 Å². The summed E-state index contributed by atoms with van der Waals surface area (Å²) in [4.78, 5) is 13.2. The number of likely N-dealkylation sites (tertiary alicyclic amines) is 1. The zero-order valence-electron chi connectivity index (χ0n) is 9.68. The summed E-state index contributed by atoms with van der Waals surface area (Å²) in [5, 5.41) is 13.4. The molecule has 0 amide bonds. The number of likely N-dealkylation sites (N-methyl/N-ethyl adjacent to an activating group) is 1. The van der Waals surface area contributed by atoms with Crippen LogP contribution in [0, 0.1) is 0 Å². The summed E-state index contributed by atoms with van der Waals surface area (Å²) in [7, 11) is 2.08. The molecule has 0 saturated carbocycles. The van der Waals surface area contributed by atoms with Crippen molar-refractivity contribution in [1.82, 2.24) is 14.7 Å². The average molecular weight is 223 g/mol. The fourth-order valence-corrected chi connectivity index (χ4v) is 2.23. The van der Waals surface area contributed by atoms with Gasteiger partial charge in [-0.1, -0.05) is 0 Å². The lowest BCUT2D eigenvalue weighted by molar-refractivity contribution is 0.0683. The van der Waals surface area contributed by atoms with Crippen LogP contribution in [0.15, 0.2) is 6.07 Å². The highest BCUT2D eigenvalue weighted by Gasteiger charge is 2.25. The molecule has 1 N–H and O–H groups in total. The Kier molecular flexibility index (Phi) is 2.96. The van der Waals surface area contributed by atoms with E-state index in [1.807, 2.05) is 6.92 Å². The number of nitrogens with zero attached hydrogens (tertiary/aromatic N) is 3. The first-order valence-corrected chi connectivity index (χ1v) is 5.61. The molecule has 1 aliphatic heterocycles. The third-order valence-electron chi connectivity index (χ3n) is 3.13. The highest BCUT2D eigenvalue weighted by atomic mass is 16.4. The summed E-state index contributed by atoms with van der Waals surface area (Å²) in [6.07, 6.45) is 1.07. The topological polar surface area (TPSA) is 58.4 Å². The van der Waals surface area contributed by atoms with Crippen molar-refractivity contribution in [2.45, 2.75) is 25.8 Å². The minimum absolute atomic E-state index is 0.298. The lowest BCUT2D eigenvalue weighted by Crippen LogP contribution is -2.13. The zero-order chi connectivity index (χ0) is 11.7. The Bertz CT molecular complexity index is 400. The monoisotopic (exact) mass is 223 g/mol. The van der Waals surface area contributed by atoms with Gasteiger partial charge in [-0.15, -0.1) is 0 Å².